The van der Waals surface area contributed by atoms with Crippen molar-refractivity contribution in [3.05, 3.63) is 41.5 Å². The number of methoxy groups -OCH3 is 3. The van der Waals surface area contributed by atoms with Crippen LogP contribution in [0.2, 0.25) is 0 Å². The van der Waals surface area contributed by atoms with E-state index in [1.807, 2.05) is 12.1 Å². The molecule has 2 rings (SSSR count). The third kappa shape index (κ3) is 4.71. The molecule has 0 aliphatic heterocycles. The third-order valence-corrected chi connectivity index (χ3v) is 4.04. The lowest BCUT2D eigenvalue weighted by molar-refractivity contribution is 0.174. The van der Waals surface area contributed by atoms with Gasteiger partial charge in [-0.25, -0.2) is 0 Å². The highest BCUT2D eigenvalue weighted by Crippen LogP contribution is 2.38. The lowest BCUT2D eigenvalue weighted by atomic mass is 10.1. The lowest BCUT2D eigenvalue weighted by Crippen LogP contribution is -2.23. The molecule has 0 saturated heterocycles. The first kappa shape index (κ1) is 19.7. The summed E-state index contributed by atoms with van der Waals surface area (Å²) in [5.41, 5.74) is 1.53. The topological polar surface area (TPSA) is 100 Å². The predicted octanol–water partition coefficient (Wildman–Crippen LogP) is 1.99. The maximum absolute atomic E-state index is 10.2. The van der Waals surface area contributed by atoms with Crippen LogP contribution in [0.4, 0.5) is 0 Å². The molecule has 0 aliphatic rings. The summed E-state index contributed by atoms with van der Waals surface area (Å²) in [4.78, 5) is 0. The highest BCUT2D eigenvalue weighted by Gasteiger charge is 2.13. The molecule has 2 aromatic rings. The van der Waals surface area contributed by atoms with E-state index in [1.54, 1.807) is 27.4 Å². The van der Waals surface area contributed by atoms with Gasteiger partial charge in [-0.15, -0.1) is 0 Å². The van der Waals surface area contributed by atoms with Crippen molar-refractivity contribution in [1.29, 1.82) is 0 Å². The summed E-state index contributed by atoms with van der Waals surface area (Å²) in [6.07, 6.45) is -0.0917. The number of hydrogen-bond donors (Lipinski definition) is 4. The van der Waals surface area contributed by atoms with Crippen LogP contribution < -0.4 is 19.5 Å². The molecule has 1 atom stereocenters. The number of aliphatic hydroxyl groups is 1. The Balaban J connectivity index is 1.92. The van der Waals surface area contributed by atoms with Gasteiger partial charge in [0.05, 0.1) is 27.4 Å². The van der Waals surface area contributed by atoms with Crippen molar-refractivity contribution < 1.29 is 29.5 Å². The minimum Gasteiger partial charge on any atom is -0.504 e. The molecule has 0 heterocycles. The second kappa shape index (κ2) is 9.17. The van der Waals surface area contributed by atoms with E-state index in [1.165, 1.54) is 12.1 Å². The Bertz CT molecular complexity index is 709. The molecule has 0 radical (unpaired) electrons. The molecule has 0 aromatic heterocycles. The molecule has 0 unspecified atom stereocenters. The Morgan fingerprint density at radius 3 is 2.12 bits per heavy atom. The van der Waals surface area contributed by atoms with Crippen molar-refractivity contribution in [1.82, 2.24) is 5.32 Å². The highest BCUT2D eigenvalue weighted by molar-refractivity contribution is 5.53. The average molecular weight is 363 g/mol. The number of benzene rings is 2. The van der Waals surface area contributed by atoms with Crippen LogP contribution in [0.15, 0.2) is 30.3 Å². The normalized spacial score (nSPS) is 11.8. The van der Waals surface area contributed by atoms with E-state index in [-0.39, 0.29) is 11.5 Å². The van der Waals surface area contributed by atoms with Crippen LogP contribution >= 0.6 is 0 Å². The minimum absolute atomic E-state index is 0.212. The Kier molecular flexibility index (Phi) is 6.94. The maximum Gasteiger partial charge on any atom is 0.203 e. The maximum atomic E-state index is 10.2. The van der Waals surface area contributed by atoms with E-state index in [4.69, 9.17) is 14.2 Å². The summed E-state index contributed by atoms with van der Waals surface area (Å²) in [6.45, 7) is 0.939. The van der Waals surface area contributed by atoms with Crippen molar-refractivity contribution in [3.63, 3.8) is 0 Å². The van der Waals surface area contributed by atoms with Gasteiger partial charge in [0.1, 0.15) is 0 Å². The summed E-state index contributed by atoms with van der Waals surface area (Å²) in [5.74, 6) is 1.28. The molecule has 7 heteroatoms. The van der Waals surface area contributed by atoms with Gasteiger partial charge in [-0.2, -0.15) is 0 Å². The lowest BCUT2D eigenvalue weighted by Gasteiger charge is -2.15. The fourth-order valence-corrected chi connectivity index (χ4v) is 2.62. The highest BCUT2D eigenvalue weighted by atomic mass is 16.5. The number of rotatable bonds is 9. The fourth-order valence-electron chi connectivity index (χ4n) is 2.62. The Morgan fingerprint density at radius 1 is 0.923 bits per heavy atom. The zero-order valence-corrected chi connectivity index (χ0v) is 15.2. The van der Waals surface area contributed by atoms with Gasteiger partial charge in [-0.1, -0.05) is 6.07 Å². The monoisotopic (exact) mass is 363 g/mol. The standard InChI is InChI=1S/C19H25NO6/c1-24-17-8-12(9-18(25-2)19(17)26-3)6-7-20-11-16(23)13-4-5-14(21)15(22)10-13/h4-5,8-10,16,20-23H,6-7,11H2,1-3H3/t16-/m0/s1. The van der Waals surface area contributed by atoms with Gasteiger partial charge in [0, 0.05) is 6.54 Å². The first-order valence-electron chi connectivity index (χ1n) is 8.19. The van der Waals surface area contributed by atoms with Gasteiger partial charge in [-0.3, -0.25) is 0 Å². The van der Waals surface area contributed by atoms with Crippen LogP contribution in [0.5, 0.6) is 28.7 Å². The molecule has 0 fully saturated rings. The Morgan fingerprint density at radius 2 is 1.58 bits per heavy atom. The number of phenols is 2. The Labute approximate surface area is 152 Å². The molecule has 7 nitrogen and oxygen atoms in total. The number of aliphatic hydroxyl groups excluding tert-OH is 1. The molecular weight excluding hydrogens is 338 g/mol. The van der Waals surface area contributed by atoms with E-state index >= 15 is 0 Å². The van der Waals surface area contributed by atoms with Crippen molar-refractivity contribution in [2.24, 2.45) is 0 Å². The number of hydrogen-bond acceptors (Lipinski definition) is 7. The second-order valence-electron chi connectivity index (χ2n) is 5.75. The molecule has 0 bridgehead atoms. The second-order valence-corrected chi connectivity index (χ2v) is 5.75. The third-order valence-electron chi connectivity index (χ3n) is 4.04. The SMILES string of the molecule is COc1cc(CCNC[C@H](O)c2ccc(O)c(O)c2)cc(OC)c1OC. The molecule has 0 aliphatic carbocycles. The van der Waals surface area contributed by atoms with Gasteiger partial charge in [-0.05, 0) is 48.4 Å². The van der Waals surface area contributed by atoms with E-state index in [9.17, 15) is 15.3 Å². The van der Waals surface area contributed by atoms with Crippen LogP contribution in [-0.2, 0) is 6.42 Å². The number of nitrogens with one attached hydrogen (secondary N) is 1. The summed E-state index contributed by atoms with van der Waals surface area (Å²) < 4.78 is 16.0. The smallest absolute Gasteiger partial charge is 0.203 e. The van der Waals surface area contributed by atoms with Crippen LogP contribution in [0.25, 0.3) is 0 Å². The van der Waals surface area contributed by atoms with Gasteiger partial charge < -0.3 is 34.8 Å². The quantitative estimate of drug-likeness (QED) is 0.399. The zero-order chi connectivity index (χ0) is 19.1. The van der Waals surface area contributed by atoms with Gasteiger partial charge >= 0.3 is 0 Å². The van der Waals surface area contributed by atoms with Crippen LogP contribution in [0.3, 0.4) is 0 Å². The van der Waals surface area contributed by atoms with Crippen LogP contribution in [0.1, 0.15) is 17.2 Å². The first-order valence-corrected chi connectivity index (χ1v) is 8.19. The number of aromatic hydroxyl groups is 2. The number of phenolic OH excluding ortho intramolecular Hbond substituents is 2. The predicted molar refractivity (Wildman–Crippen MR) is 97.4 cm³/mol. The minimum atomic E-state index is -0.790. The molecule has 142 valence electrons. The zero-order valence-electron chi connectivity index (χ0n) is 15.2. The molecule has 4 N–H and O–H groups in total. The van der Waals surface area contributed by atoms with E-state index in [0.29, 0.717) is 42.3 Å². The summed E-state index contributed by atoms with van der Waals surface area (Å²) in [6, 6.07) is 8.04. The Hall–Kier alpha value is -2.64. The summed E-state index contributed by atoms with van der Waals surface area (Å²) >= 11 is 0. The summed E-state index contributed by atoms with van der Waals surface area (Å²) in [5, 5.41) is 32.1. The van der Waals surface area contributed by atoms with Gasteiger partial charge in [0.2, 0.25) is 5.75 Å². The molecule has 0 spiro atoms. The van der Waals surface area contributed by atoms with Crippen LogP contribution in [0, 0.1) is 0 Å². The average Bonchev–Trinajstić information content (AvgIpc) is 2.66. The van der Waals surface area contributed by atoms with Crippen molar-refractivity contribution in [2.45, 2.75) is 12.5 Å². The van der Waals surface area contributed by atoms with E-state index < -0.39 is 6.10 Å². The largest absolute Gasteiger partial charge is 0.504 e. The molecule has 0 saturated carbocycles. The van der Waals surface area contributed by atoms with Crippen molar-refractivity contribution in [3.8, 4) is 28.7 Å². The summed E-state index contributed by atoms with van der Waals surface area (Å²) in [7, 11) is 4.70. The van der Waals surface area contributed by atoms with Gasteiger partial charge in [0.15, 0.2) is 23.0 Å². The van der Waals surface area contributed by atoms with Crippen molar-refractivity contribution >= 4 is 0 Å². The molecular formula is C19H25NO6. The van der Waals surface area contributed by atoms with E-state index in [0.717, 1.165) is 5.56 Å². The molecule has 2 aromatic carbocycles. The first-order chi connectivity index (χ1) is 12.5. The van der Waals surface area contributed by atoms with E-state index in [2.05, 4.69) is 5.32 Å². The van der Waals surface area contributed by atoms with Crippen molar-refractivity contribution in [2.75, 3.05) is 34.4 Å². The number of ether oxygens (including phenoxy) is 3. The molecule has 26 heavy (non-hydrogen) atoms. The molecule has 0 amide bonds. The van der Waals surface area contributed by atoms with Gasteiger partial charge in [0.25, 0.3) is 0 Å². The van der Waals surface area contributed by atoms with Crippen LogP contribution in [-0.4, -0.2) is 49.7 Å². The fraction of sp³-hybridized carbons (Fsp3) is 0.368.